The second-order valence-electron chi connectivity index (χ2n) is 2.77. The zero-order valence-corrected chi connectivity index (χ0v) is 8.98. The first-order valence-electron chi connectivity index (χ1n) is 4.84. The molecule has 0 amide bonds. The smallest absolute Gasteiger partial charge is 0.332 e. The number of rotatable bonds is 9. The van der Waals surface area contributed by atoms with E-state index in [0.717, 1.165) is 6.08 Å². The van der Waals surface area contributed by atoms with E-state index in [0.29, 0.717) is 26.2 Å². The summed E-state index contributed by atoms with van der Waals surface area (Å²) in [5.41, 5.74) is 0. The Labute approximate surface area is 89.6 Å². The highest BCUT2D eigenvalue weighted by molar-refractivity contribution is 5.81. The van der Waals surface area contributed by atoms with Crippen LogP contribution in [0.5, 0.6) is 0 Å². The van der Waals surface area contributed by atoms with E-state index < -0.39 is 12.3 Å². The van der Waals surface area contributed by atoms with Crippen LogP contribution < -0.4 is 0 Å². The van der Waals surface area contributed by atoms with Gasteiger partial charge in [-0.25, -0.2) is 4.79 Å². The van der Waals surface area contributed by atoms with Crippen LogP contribution in [0, 0.1) is 0 Å². The van der Waals surface area contributed by atoms with Crippen molar-refractivity contribution in [2.24, 2.45) is 0 Å². The maximum Gasteiger partial charge on any atom is 0.332 e. The van der Waals surface area contributed by atoms with Gasteiger partial charge in [0.05, 0.1) is 13.2 Å². The molecular formula is C10H18O5. The van der Waals surface area contributed by atoms with Gasteiger partial charge in [-0.3, -0.25) is 0 Å². The topological polar surface area (TPSA) is 65.0 Å². The summed E-state index contributed by atoms with van der Waals surface area (Å²) < 4.78 is 15.0. The molecule has 1 N–H and O–H groups in total. The number of aliphatic hydroxyl groups excluding tert-OH is 1. The van der Waals surface area contributed by atoms with E-state index in [1.807, 2.05) is 0 Å². The average Bonchev–Trinajstić information content (AvgIpc) is 2.23. The Morgan fingerprint density at radius 2 is 2.20 bits per heavy atom. The van der Waals surface area contributed by atoms with Gasteiger partial charge in [-0.05, 0) is 13.3 Å². The molecular weight excluding hydrogens is 200 g/mol. The van der Waals surface area contributed by atoms with Crippen LogP contribution in [-0.4, -0.2) is 43.8 Å². The van der Waals surface area contributed by atoms with Crippen LogP contribution in [0.4, 0.5) is 0 Å². The fourth-order valence-electron chi connectivity index (χ4n) is 0.787. The summed E-state index contributed by atoms with van der Waals surface area (Å²) in [6.45, 7) is 6.26. The third-order valence-corrected chi connectivity index (χ3v) is 1.48. The molecule has 0 saturated carbocycles. The monoisotopic (exact) mass is 218 g/mol. The zero-order valence-electron chi connectivity index (χ0n) is 8.98. The minimum absolute atomic E-state index is 0.119. The third-order valence-electron chi connectivity index (χ3n) is 1.48. The fraction of sp³-hybridized carbons (Fsp3) is 0.700. The molecule has 15 heavy (non-hydrogen) atoms. The van der Waals surface area contributed by atoms with Crippen LogP contribution in [0.2, 0.25) is 0 Å². The molecule has 0 radical (unpaired) electrons. The molecule has 1 atom stereocenters. The molecule has 0 saturated heterocycles. The lowest BCUT2D eigenvalue weighted by Gasteiger charge is -2.12. The van der Waals surface area contributed by atoms with E-state index >= 15 is 0 Å². The molecule has 5 heteroatoms. The van der Waals surface area contributed by atoms with Crippen molar-refractivity contribution in [3.8, 4) is 0 Å². The van der Waals surface area contributed by atoms with Crippen LogP contribution in [0.1, 0.15) is 13.3 Å². The second-order valence-corrected chi connectivity index (χ2v) is 2.77. The highest BCUT2D eigenvalue weighted by Gasteiger charge is 2.05. The Morgan fingerprint density at radius 3 is 2.80 bits per heavy atom. The van der Waals surface area contributed by atoms with Crippen LogP contribution in [0.25, 0.3) is 0 Å². The Kier molecular flexibility index (Phi) is 9.05. The van der Waals surface area contributed by atoms with Crippen molar-refractivity contribution in [2.75, 3.05) is 26.4 Å². The molecule has 1 unspecified atom stereocenters. The summed E-state index contributed by atoms with van der Waals surface area (Å²) in [5, 5.41) is 8.46. The summed E-state index contributed by atoms with van der Waals surface area (Å²) in [4.78, 5) is 10.7. The number of esters is 1. The Hall–Kier alpha value is -0.910. The van der Waals surface area contributed by atoms with Gasteiger partial charge >= 0.3 is 5.97 Å². The molecule has 0 aromatic heterocycles. The SMILES string of the molecule is C=CC(=O)OC(C)OCCOCCCO. The first kappa shape index (κ1) is 14.1. The van der Waals surface area contributed by atoms with Gasteiger partial charge in [0.2, 0.25) is 6.29 Å². The summed E-state index contributed by atoms with van der Waals surface area (Å²) in [7, 11) is 0. The largest absolute Gasteiger partial charge is 0.433 e. The molecule has 0 aromatic rings. The van der Waals surface area contributed by atoms with Gasteiger partial charge in [-0.1, -0.05) is 6.58 Å². The lowest BCUT2D eigenvalue weighted by Crippen LogP contribution is -2.19. The van der Waals surface area contributed by atoms with Crippen LogP contribution in [0.15, 0.2) is 12.7 Å². The minimum atomic E-state index is -0.600. The van der Waals surface area contributed by atoms with Crippen LogP contribution in [-0.2, 0) is 19.0 Å². The Bertz CT molecular complexity index is 181. The zero-order chi connectivity index (χ0) is 11.5. The maximum absolute atomic E-state index is 10.7. The van der Waals surface area contributed by atoms with E-state index in [9.17, 15) is 4.79 Å². The van der Waals surface area contributed by atoms with Crippen molar-refractivity contribution in [3.63, 3.8) is 0 Å². The number of hydrogen-bond acceptors (Lipinski definition) is 5. The third kappa shape index (κ3) is 9.40. The van der Waals surface area contributed by atoms with Gasteiger partial charge in [0.1, 0.15) is 0 Å². The molecule has 0 spiro atoms. The summed E-state index contributed by atoms with van der Waals surface area (Å²) >= 11 is 0. The summed E-state index contributed by atoms with van der Waals surface area (Å²) in [5.74, 6) is -0.510. The molecule has 0 aromatic carbocycles. The normalized spacial score (nSPS) is 12.1. The predicted octanol–water partition coefficient (Wildman–Crippen LogP) is 0.477. The maximum atomic E-state index is 10.7. The van der Waals surface area contributed by atoms with E-state index in [1.54, 1.807) is 6.92 Å². The molecule has 0 aliphatic carbocycles. The average molecular weight is 218 g/mol. The van der Waals surface area contributed by atoms with E-state index in [4.69, 9.17) is 19.3 Å². The van der Waals surface area contributed by atoms with Gasteiger partial charge in [-0.15, -0.1) is 0 Å². The lowest BCUT2D eigenvalue weighted by molar-refractivity contribution is -0.171. The molecule has 5 nitrogen and oxygen atoms in total. The van der Waals surface area contributed by atoms with Gasteiger partial charge in [0.25, 0.3) is 0 Å². The Morgan fingerprint density at radius 1 is 1.47 bits per heavy atom. The van der Waals surface area contributed by atoms with Crippen molar-refractivity contribution in [2.45, 2.75) is 19.6 Å². The van der Waals surface area contributed by atoms with E-state index in [2.05, 4.69) is 6.58 Å². The van der Waals surface area contributed by atoms with Crippen molar-refractivity contribution < 1.29 is 24.1 Å². The van der Waals surface area contributed by atoms with Gasteiger partial charge in [0, 0.05) is 19.3 Å². The van der Waals surface area contributed by atoms with Crippen LogP contribution in [0.3, 0.4) is 0 Å². The Balaban J connectivity index is 3.27. The van der Waals surface area contributed by atoms with Gasteiger partial charge in [0.15, 0.2) is 0 Å². The second kappa shape index (κ2) is 9.64. The highest BCUT2D eigenvalue weighted by atomic mass is 16.7. The standard InChI is InChI=1S/C10H18O5/c1-3-10(12)15-9(2)14-8-7-13-6-4-5-11/h3,9,11H,1,4-8H2,2H3. The minimum Gasteiger partial charge on any atom is -0.433 e. The van der Waals surface area contributed by atoms with E-state index in [-0.39, 0.29) is 6.61 Å². The lowest BCUT2D eigenvalue weighted by atomic mass is 10.5. The van der Waals surface area contributed by atoms with Crippen LogP contribution >= 0.6 is 0 Å². The summed E-state index contributed by atoms with van der Waals surface area (Å²) in [6, 6.07) is 0. The quantitative estimate of drug-likeness (QED) is 0.264. The van der Waals surface area contributed by atoms with Gasteiger partial charge < -0.3 is 19.3 Å². The molecule has 0 aliphatic rings. The van der Waals surface area contributed by atoms with Crippen molar-refractivity contribution in [1.29, 1.82) is 0 Å². The first-order chi connectivity index (χ1) is 7.20. The first-order valence-corrected chi connectivity index (χ1v) is 4.84. The number of hydrogen-bond donors (Lipinski definition) is 1. The van der Waals surface area contributed by atoms with Crippen molar-refractivity contribution >= 4 is 5.97 Å². The molecule has 0 bridgehead atoms. The fourth-order valence-corrected chi connectivity index (χ4v) is 0.787. The molecule has 0 heterocycles. The molecule has 0 fully saturated rings. The summed E-state index contributed by atoms with van der Waals surface area (Å²) in [6.07, 6.45) is 1.09. The predicted molar refractivity (Wildman–Crippen MR) is 54.2 cm³/mol. The van der Waals surface area contributed by atoms with Gasteiger partial charge in [-0.2, -0.15) is 0 Å². The van der Waals surface area contributed by atoms with E-state index in [1.165, 1.54) is 0 Å². The molecule has 88 valence electrons. The van der Waals surface area contributed by atoms with Crippen molar-refractivity contribution in [3.05, 3.63) is 12.7 Å². The number of carbonyl (C=O) groups is 1. The molecule has 0 aliphatic heterocycles. The van der Waals surface area contributed by atoms with Crippen molar-refractivity contribution in [1.82, 2.24) is 0 Å². The highest BCUT2D eigenvalue weighted by Crippen LogP contribution is 1.94. The number of ether oxygens (including phenoxy) is 3. The molecule has 0 rings (SSSR count). The number of aliphatic hydroxyl groups is 1. The number of carbonyl (C=O) groups excluding carboxylic acids is 1.